The van der Waals surface area contributed by atoms with Crippen LogP contribution in [-0.2, 0) is 22.1 Å². The van der Waals surface area contributed by atoms with Crippen molar-refractivity contribution in [3.63, 3.8) is 0 Å². The maximum Gasteiger partial charge on any atom is 0.325 e. The number of rotatable bonds is 27. The molecule has 2 N–H and O–H groups in total. The number of unbranched alkanes of at least 4 members (excludes halogenated alkanes) is 9. The molecule has 0 aromatic heterocycles. The van der Waals surface area contributed by atoms with Crippen molar-refractivity contribution in [2.24, 2.45) is 0 Å². The van der Waals surface area contributed by atoms with Crippen LogP contribution in [-0.4, -0.2) is 81.5 Å². The maximum absolute atomic E-state index is 10.0. The fourth-order valence-electron chi connectivity index (χ4n) is 4.45. The Kier molecular flexibility index (Phi) is 52.3. The fraction of sp³-hybridized carbons (Fsp3) is 1.00. The summed E-state index contributed by atoms with van der Waals surface area (Å²) in [7, 11) is -4.86. The van der Waals surface area contributed by atoms with Gasteiger partial charge in [0.1, 0.15) is 0 Å². The molecule has 3 unspecified atom stereocenters. The largest absolute Gasteiger partial charge is 0.434 e. The molecule has 0 spiro atoms. The summed E-state index contributed by atoms with van der Waals surface area (Å²) in [6.45, 7) is 19.6. The molecule has 0 radical (unpaired) electrons. The van der Waals surface area contributed by atoms with Crippen molar-refractivity contribution in [2.45, 2.75) is 193 Å². The molecule has 0 aliphatic heterocycles. The molecule has 7 nitrogen and oxygen atoms in total. The van der Waals surface area contributed by atoms with Gasteiger partial charge in [-0.25, -0.2) is 0 Å². The van der Waals surface area contributed by atoms with Gasteiger partial charge in [0.15, 0.2) is 0 Å². The highest BCUT2D eigenvalue weighted by Gasteiger charge is 2.43. The van der Waals surface area contributed by atoms with Crippen LogP contribution in [0.5, 0.6) is 0 Å². The summed E-state index contributed by atoms with van der Waals surface area (Å²) in [6.07, 6.45) is 15.4. The van der Waals surface area contributed by atoms with E-state index < -0.39 is 25.4 Å². The van der Waals surface area contributed by atoms with Gasteiger partial charge in [-0.1, -0.05) is 135 Å². The first-order valence-corrected chi connectivity index (χ1v) is 24.5. The summed E-state index contributed by atoms with van der Waals surface area (Å²) in [5.41, 5.74) is 0. The van der Waals surface area contributed by atoms with Gasteiger partial charge in [0.2, 0.25) is 8.32 Å². The molecular formula is C35H90O7Si3. The average molecular weight is 707 g/mol. The summed E-state index contributed by atoms with van der Waals surface area (Å²) in [6, 6.07) is 2.05. The Hall–Kier alpha value is 0.371. The van der Waals surface area contributed by atoms with E-state index in [4.69, 9.17) is 27.2 Å². The molecule has 0 saturated heterocycles. The third-order valence-corrected chi connectivity index (χ3v) is 18.9. The zero-order valence-electron chi connectivity index (χ0n) is 28.2. The van der Waals surface area contributed by atoms with E-state index in [0.29, 0.717) is 19.8 Å². The van der Waals surface area contributed by atoms with Crippen LogP contribution in [0.2, 0.25) is 38.3 Å². The predicted molar refractivity (Wildman–Crippen MR) is 211 cm³/mol. The van der Waals surface area contributed by atoms with Gasteiger partial charge in [0.25, 0.3) is 0 Å². The van der Waals surface area contributed by atoms with Gasteiger partial charge in [-0.05, 0) is 51.1 Å². The van der Waals surface area contributed by atoms with Gasteiger partial charge >= 0.3 is 17.1 Å². The molecule has 284 valence electrons. The van der Waals surface area contributed by atoms with Crippen molar-refractivity contribution in [3.8, 4) is 0 Å². The van der Waals surface area contributed by atoms with Crippen LogP contribution >= 0.6 is 0 Å². The van der Waals surface area contributed by atoms with E-state index in [2.05, 4.69) is 47.0 Å². The maximum atomic E-state index is 10.0. The lowest BCUT2D eigenvalue weighted by Gasteiger charge is -2.39. The highest BCUT2D eigenvalue weighted by molar-refractivity contribution is 6.87. The third kappa shape index (κ3) is 38.7. The lowest BCUT2D eigenvalue weighted by atomic mass is 10.2. The first-order chi connectivity index (χ1) is 19.0. The van der Waals surface area contributed by atoms with Crippen molar-refractivity contribution in [1.29, 1.82) is 0 Å². The standard InChI is InChI=1S/C20H48O4Si3.C10H22O3.5CH4/c1-8-10-12-14-16-18-26(6,20-21)23-25(4,5)24-27(7,22-3)19-17-15-13-11-9-2;1-3-5-6-12-7-8-13-9-10(11)4-2;;;;;/h21H,8-20H2,1-7H3;10-11H,3-9H2,1-2H3;5*1H4. The fourth-order valence-corrected chi connectivity index (χ4v) is 17.6. The molecule has 10 heteroatoms. The van der Waals surface area contributed by atoms with Crippen LogP contribution < -0.4 is 0 Å². The van der Waals surface area contributed by atoms with Gasteiger partial charge in [-0.15, -0.1) is 0 Å². The molecule has 0 fully saturated rings. The van der Waals surface area contributed by atoms with Crippen LogP contribution in [0, 0.1) is 0 Å². The summed E-state index contributed by atoms with van der Waals surface area (Å²) in [4.78, 5) is 0. The molecule has 0 aliphatic rings. The van der Waals surface area contributed by atoms with Crippen LogP contribution in [0.15, 0.2) is 0 Å². The Labute approximate surface area is 289 Å². The minimum absolute atomic E-state index is 0. The summed E-state index contributed by atoms with van der Waals surface area (Å²) < 4.78 is 29.5. The summed E-state index contributed by atoms with van der Waals surface area (Å²) in [5, 5.41) is 19.1. The Balaban J connectivity index is -0.000000138. The predicted octanol–water partition coefficient (Wildman–Crippen LogP) is 11.3. The van der Waals surface area contributed by atoms with Crippen molar-refractivity contribution >= 4 is 25.4 Å². The molecule has 0 aromatic carbocycles. The van der Waals surface area contributed by atoms with Gasteiger partial charge in [0, 0.05) is 13.7 Å². The molecule has 0 bridgehead atoms. The second-order valence-corrected chi connectivity index (χ2v) is 23.3. The molecule has 0 rings (SSSR count). The van der Waals surface area contributed by atoms with Gasteiger partial charge in [-0.3, -0.25) is 0 Å². The molecule has 0 saturated carbocycles. The number of hydrogen-bond donors (Lipinski definition) is 2. The number of hydrogen-bond acceptors (Lipinski definition) is 7. The Morgan fingerprint density at radius 1 is 0.578 bits per heavy atom. The zero-order chi connectivity index (χ0) is 30.8. The van der Waals surface area contributed by atoms with E-state index in [0.717, 1.165) is 44.4 Å². The third-order valence-electron chi connectivity index (χ3n) is 7.06. The van der Waals surface area contributed by atoms with E-state index in [1.54, 1.807) is 7.11 Å². The van der Waals surface area contributed by atoms with Crippen LogP contribution in [0.3, 0.4) is 0 Å². The molecule has 0 aliphatic carbocycles. The first kappa shape index (κ1) is 60.7. The SMILES string of the molecule is C.C.C.C.C.CCCCCCC[Si](C)(CO)O[Si](C)(C)O[Si](C)(CCCCCCC)OC.CCCCOCCOCC(O)CC. The number of ether oxygens (including phenoxy) is 2. The second kappa shape index (κ2) is 38.8. The molecule has 0 aromatic rings. The van der Waals surface area contributed by atoms with Gasteiger partial charge in [0.05, 0.1) is 32.2 Å². The van der Waals surface area contributed by atoms with Crippen LogP contribution in [0.4, 0.5) is 0 Å². The highest BCUT2D eigenvalue weighted by Crippen LogP contribution is 2.27. The first-order valence-electron chi connectivity index (χ1n) is 16.4. The number of aliphatic hydroxyl groups excluding tert-OH is 2. The monoisotopic (exact) mass is 707 g/mol. The summed E-state index contributed by atoms with van der Waals surface area (Å²) in [5.74, 6) is 0. The molecule has 45 heavy (non-hydrogen) atoms. The average Bonchev–Trinajstić information content (AvgIpc) is 2.92. The van der Waals surface area contributed by atoms with Crippen molar-refractivity contribution in [3.05, 3.63) is 0 Å². The van der Waals surface area contributed by atoms with Crippen molar-refractivity contribution in [2.75, 3.05) is 39.8 Å². The second-order valence-electron chi connectivity index (χ2n) is 12.0. The van der Waals surface area contributed by atoms with Crippen molar-refractivity contribution < 1.29 is 32.3 Å². The topological polar surface area (TPSA) is 86.6 Å². The van der Waals surface area contributed by atoms with Crippen LogP contribution in [0.1, 0.15) is 148 Å². The normalized spacial score (nSPS) is 13.9. The molecule has 0 heterocycles. The van der Waals surface area contributed by atoms with Crippen molar-refractivity contribution in [1.82, 2.24) is 0 Å². The van der Waals surface area contributed by atoms with Gasteiger partial charge < -0.3 is 32.3 Å². The minimum Gasteiger partial charge on any atom is -0.434 e. The molecular weight excluding hydrogens is 617 g/mol. The van der Waals surface area contributed by atoms with E-state index in [1.807, 2.05) is 6.92 Å². The minimum atomic E-state index is -2.33. The summed E-state index contributed by atoms with van der Waals surface area (Å²) >= 11 is 0. The number of aliphatic hydroxyl groups is 2. The zero-order valence-corrected chi connectivity index (χ0v) is 31.2. The van der Waals surface area contributed by atoms with E-state index in [-0.39, 0.29) is 49.5 Å². The lowest BCUT2D eigenvalue weighted by Crippen LogP contribution is -2.56. The Bertz CT molecular complexity index is 515. The van der Waals surface area contributed by atoms with E-state index >= 15 is 0 Å². The van der Waals surface area contributed by atoms with Crippen LogP contribution in [0.25, 0.3) is 0 Å². The molecule has 0 amide bonds. The van der Waals surface area contributed by atoms with E-state index in [9.17, 15) is 5.11 Å². The quantitative estimate of drug-likeness (QED) is 0.0649. The Morgan fingerprint density at radius 3 is 1.49 bits per heavy atom. The Morgan fingerprint density at radius 2 is 1.04 bits per heavy atom. The lowest BCUT2D eigenvalue weighted by molar-refractivity contribution is 0.00257. The highest BCUT2D eigenvalue weighted by atomic mass is 28.5. The smallest absolute Gasteiger partial charge is 0.325 e. The molecule has 3 atom stereocenters. The van der Waals surface area contributed by atoms with E-state index in [1.165, 1.54) is 57.8 Å². The van der Waals surface area contributed by atoms with Gasteiger partial charge in [-0.2, -0.15) is 0 Å².